The van der Waals surface area contributed by atoms with Gasteiger partial charge in [0.1, 0.15) is 0 Å². The zero-order valence-corrected chi connectivity index (χ0v) is 13.0. The van der Waals surface area contributed by atoms with E-state index in [0.717, 1.165) is 29.5 Å². The molecular weight excluding hydrogens is 272 g/mol. The molecule has 112 valence electrons. The van der Waals surface area contributed by atoms with Gasteiger partial charge < -0.3 is 4.74 Å². The van der Waals surface area contributed by atoms with Gasteiger partial charge in [-0.2, -0.15) is 0 Å². The van der Waals surface area contributed by atoms with E-state index >= 15 is 0 Å². The van der Waals surface area contributed by atoms with E-state index in [9.17, 15) is 4.79 Å². The first kappa shape index (κ1) is 15.8. The van der Waals surface area contributed by atoms with E-state index in [4.69, 9.17) is 4.74 Å². The molecule has 0 aliphatic heterocycles. The Kier molecular flexibility index (Phi) is 5.76. The molecule has 0 aromatic heterocycles. The van der Waals surface area contributed by atoms with Gasteiger partial charge in [-0.25, -0.2) is 4.79 Å². The van der Waals surface area contributed by atoms with E-state index in [-0.39, 0.29) is 5.97 Å². The Morgan fingerprint density at radius 3 is 2.27 bits per heavy atom. The summed E-state index contributed by atoms with van der Waals surface area (Å²) in [6.45, 7) is 2.15. The second-order valence-electron chi connectivity index (χ2n) is 5.00. The van der Waals surface area contributed by atoms with E-state index in [1.54, 1.807) is 12.1 Å². The topological polar surface area (TPSA) is 26.3 Å². The maximum atomic E-state index is 11.5. The summed E-state index contributed by atoms with van der Waals surface area (Å²) >= 11 is 0. The molecule has 0 heterocycles. The van der Waals surface area contributed by atoms with Gasteiger partial charge in [0.2, 0.25) is 0 Å². The van der Waals surface area contributed by atoms with Crippen LogP contribution < -0.4 is 0 Å². The molecular formula is C20H20O2. The molecule has 0 aliphatic carbocycles. The van der Waals surface area contributed by atoms with Crippen LogP contribution in [0.1, 0.15) is 41.3 Å². The van der Waals surface area contributed by atoms with Crippen molar-refractivity contribution < 1.29 is 9.53 Å². The van der Waals surface area contributed by atoms with Crippen molar-refractivity contribution in [3.63, 3.8) is 0 Å². The van der Waals surface area contributed by atoms with Gasteiger partial charge in [0.05, 0.1) is 12.7 Å². The van der Waals surface area contributed by atoms with Gasteiger partial charge in [-0.15, -0.1) is 5.73 Å². The van der Waals surface area contributed by atoms with Gasteiger partial charge in [0.25, 0.3) is 0 Å². The standard InChI is InChI=1S/C20H20O2/c1-3-7-17(11-10-16-8-5-4-6-9-16)18-12-14-19(15-13-18)20(21)22-2/h4-6,8-10,12-15H,3,7H2,1-2H3. The van der Waals surface area contributed by atoms with Gasteiger partial charge >= 0.3 is 5.97 Å². The fourth-order valence-electron chi connectivity index (χ4n) is 2.19. The maximum Gasteiger partial charge on any atom is 0.337 e. The summed E-state index contributed by atoms with van der Waals surface area (Å²) in [5, 5.41) is 0. The Morgan fingerprint density at radius 2 is 1.68 bits per heavy atom. The average molecular weight is 292 g/mol. The number of allylic oxidation sites excluding steroid dienone is 1. The van der Waals surface area contributed by atoms with Crippen molar-refractivity contribution in [2.45, 2.75) is 19.8 Å². The van der Waals surface area contributed by atoms with Crippen molar-refractivity contribution in [1.29, 1.82) is 0 Å². The predicted molar refractivity (Wildman–Crippen MR) is 90.5 cm³/mol. The minimum atomic E-state index is -0.313. The monoisotopic (exact) mass is 292 g/mol. The number of hydrogen-bond acceptors (Lipinski definition) is 2. The van der Waals surface area contributed by atoms with E-state index < -0.39 is 0 Å². The first-order chi connectivity index (χ1) is 10.7. The SMILES string of the molecule is CCCC(=C=Cc1ccccc1)c1ccc(C(=O)OC)cc1. The zero-order valence-electron chi connectivity index (χ0n) is 13.0. The third-order valence-electron chi connectivity index (χ3n) is 3.37. The number of hydrogen-bond donors (Lipinski definition) is 0. The molecule has 0 bridgehead atoms. The third kappa shape index (κ3) is 4.21. The molecule has 0 N–H and O–H groups in total. The molecule has 0 saturated carbocycles. The summed E-state index contributed by atoms with van der Waals surface area (Å²) in [6.07, 6.45) is 3.99. The lowest BCUT2D eigenvalue weighted by Gasteiger charge is -2.05. The summed E-state index contributed by atoms with van der Waals surface area (Å²) in [4.78, 5) is 11.5. The lowest BCUT2D eigenvalue weighted by molar-refractivity contribution is 0.0600. The molecule has 0 atom stereocenters. The van der Waals surface area contributed by atoms with Crippen molar-refractivity contribution in [1.82, 2.24) is 0 Å². The Labute approximate surface area is 131 Å². The number of carbonyl (C=O) groups excluding carboxylic acids is 1. The highest BCUT2D eigenvalue weighted by Gasteiger charge is 2.06. The maximum absolute atomic E-state index is 11.5. The van der Waals surface area contributed by atoms with Crippen LogP contribution in [-0.4, -0.2) is 13.1 Å². The lowest BCUT2D eigenvalue weighted by atomic mass is 10.0. The van der Waals surface area contributed by atoms with Gasteiger partial charge in [-0.1, -0.05) is 55.8 Å². The molecule has 0 saturated heterocycles. The van der Waals surface area contributed by atoms with Crippen LogP contribution >= 0.6 is 0 Å². The number of esters is 1. The molecule has 2 nitrogen and oxygen atoms in total. The van der Waals surface area contributed by atoms with Crippen molar-refractivity contribution >= 4 is 17.6 Å². The first-order valence-electron chi connectivity index (χ1n) is 7.44. The molecule has 0 radical (unpaired) electrons. The highest BCUT2D eigenvalue weighted by molar-refractivity contribution is 5.89. The average Bonchev–Trinajstić information content (AvgIpc) is 2.59. The van der Waals surface area contributed by atoms with Crippen molar-refractivity contribution in [3.05, 3.63) is 77.0 Å². The number of ether oxygens (including phenoxy) is 1. The highest BCUT2D eigenvalue weighted by Crippen LogP contribution is 2.20. The number of carbonyl (C=O) groups is 1. The van der Waals surface area contributed by atoms with Crippen LogP contribution in [0.25, 0.3) is 11.6 Å². The summed E-state index contributed by atoms with van der Waals surface area (Å²) in [5.41, 5.74) is 7.31. The van der Waals surface area contributed by atoms with Crippen molar-refractivity contribution in [2.75, 3.05) is 7.11 Å². The van der Waals surface area contributed by atoms with E-state index in [1.165, 1.54) is 7.11 Å². The molecule has 2 aromatic carbocycles. The number of rotatable bonds is 5. The van der Waals surface area contributed by atoms with Gasteiger partial charge in [0.15, 0.2) is 0 Å². The molecule has 2 heteroatoms. The van der Waals surface area contributed by atoms with E-state index in [2.05, 4.69) is 24.8 Å². The zero-order chi connectivity index (χ0) is 15.8. The molecule has 0 aliphatic rings. The van der Waals surface area contributed by atoms with E-state index in [0.29, 0.717) is 5.56 Å². The molecule has 0 fully saturated rings. The van der Waals surface area contributed by atoms with Crippen molar-refractivity contribution in [2.24, 2.45) is 0 Å². The molecule has 0 amide bonds. The largest absolute Gasteiger partial charge is 0.465 e. The minimum Gasteiger partial charge on any atom is -0.465 e. The quantitative estimate of drug-likeness (QED) is 0.574. The molecule has 0 unspecified atom stereocenters. The van der Waals surface area contributed by atoms with Gasteiger partial charge in [0, 0.05) is 5.57 Å². The Bertz CT molecular complexity index is 675. The molecule has 2 rings (SSSR count). The normalized spacial score (nSPS) is 9.73. The second-order valence-corrected chi connectivity index (χ2v) is 5.00. The van der Waals surface area contributed by atoms with Crippen LogP contribution in [0.5, 0.6) is 0 Å². The first-order valence-corrected chi connectivity index (χ1v) is 7.44. The van der Waals surface area contributed by atoms with Crippen LogP contribution in [0.3, 0.4) is 0 Å². The highest BCUT2D eigenvalue weighted by atomic mass is 16.5. The van der Waals surface area contributed by atoms with Crippen LogP contribution in [0, 0.1) is 0 Å². The Morgan fingerprint density at radius 1 is 1.05 bits per heavy atom. The number of methoxy groups -OCH3 is 1. The fraction of sp³-hybridized carbons (Fsp3) is 0.200. The second kappa shape index (κ2) is 8.02. The lowest BCUT2D eigenvalue weighted by Crippen LogP contribution is -2.00. The van der Waals surface area contributed by atoms with Crippen LogP contribution in [0.4, 0.5) is 0 Å². The smallest absolute Gasteiger partial charge is 0.337 e. The van der Waals surface area contributed by atoms with Crippen molar-refractivity contribution in [3.8, 4) is 0 Å². The third-order valence-corrected chi connectivity index (χ3v) is 3.37. The van der Waals surface area contributed by atoms with Crippen LogP contribution in [0.15, 0.2) is 60.3 Å². The Balaban J connectivity index is 2.31. The van der Waals surface area contributed by atoms with Gasteiger partial charge in [-0.3, -0.25) is 0 Å². The van der Waals surface area contributed by atoms with E-state index in [1.807, 2.05) is 36.4 Å². The van der Waals surface area contributed by atoms with Crippen LogP contribution in [-0.2, 0) is 4.74 Å². The summed E-state index contributed by atoms with van der Waals surface area (Å²) < 4.78 is 4.72. The number of benzene rings is 2. The molecule has 22 heavy (non-hydrogen) atoms. The van der Waals surface area contributed by atoms with Gasteiger partial charge in [-0.05, 0) is 35.8 Å². The summed E-state index contributed by atoms with van der Waals surface area (Å²) in [5.74, 6) is -0.313. The Hall–Kier alpha value is -2.57. The summed E-state index contributed by atoms with van der Waals surface area (Å²) in [7, 11) is 1.39. The molecule has 2 aromatic rings. The predicted octanol–water partition coefficient (Wildman–Crippen LogP) is 4.97. The summed E-state index contributed by atoms with van der Waals surface area (Å²) in [6, 6.07) is 17.6. The fourth-order valence-corrected chi connectivity index (χ4v) is 2.19. The van der Waals surface area contributed by atoms with Crippen LogP contribution in [0.2, 0.25) is 0 Å². The molecule has 0 spiro atoms. The minimum absolute atomic E-state index is 0.313.